The van der Waals surface area contributed by atoms with Gasteiger partial charge < -0.3 is 9.47 Å². The summed E-state index contributed by atoms with van der Waals surface area (Å²) in [5.74, 6) is -1.43. The molecule has 22 heavy (non-hydrogen) atoms. The number of hydrogen-bond donors (Lipinski definition) is 0. The van der Waals surface area contributed by atoms with Crippen LogP contribution < -0.4 is 0 Å². The Hall–Kier alpha value is -1.86. The van der Waals surface area contributed by atoms with Gasteiger partial charge in [0.1, 0.15) is 10.2 Å². The van der Waals surface area contributed by atoms with E-state index in [9.17, 15) is 9.59 Å². The Bertz CT molecular complexity index is 758. The molecule has 2 aromatic rings. The van der Waals surface area contributed by atoms with E-state index in [2.05, 4.69) is 25.8 Å². The van der Waals surface area contributed by atoms with Crippen molar-refractivity contribution in [1.29, 1.82) is 0 Å². The first-order chi connectivity index (χ1) is 10.4. The summed E-state index contributed by atoms with van der Waals surface area (Å²) in [7, 11) is 2.43. The van der Waals surface area contributed by atoms with Crippen LogP contribution in [-0.4, -0.2) is 35.9 Å². The second-order valence-electron chi connectivity index (χ2n) is 4.34. The lowest BCUT2D eigenvalue weighted by Crippen LogP contribution is -2.10. The summed E-state index contributed by atoms with van der Waals surface area (Å²) in [6.45, 7) is 1.86. The fourth-order valence-corrected chi connectivity index (χ4v) is 2.68. The summed E-state index contributed by atoms with van der Waals surface area (Å²) in [6, 6.07) is 5.22. The van der Waals surface area contributed by atoms with Crippen molar-refractivity contribution in [3.8, 4) is 5.69 Å². The molecule has 1 aromatic carbocycles. The second-order valence-corrected chi connectivity index (χ2v) is 5.53. The second kappa shape index (κ2) is 6.50. The van der Waals surface area contributed by atoms with Crippen molar-refractivity contribution in [2.24, 2.45) is 0 Å². The van der Waals surface area contributed by atoms with Crippen LogP contribution in [0, 0.1) is 6.92 Å². The zero-order valence-corrected chi connectivity index (χ0v) is 14.4. The molecule has 0 bridgehead atoms. The number of ether oxygens (including phenoxy) is 2. The number of carbonyl (C=O) groups excluding carboxylic acids is 2. The Kier molecular flexibility index (Phi) is 4.87. The summed E-state index contributed by atoms with van der Waals surface area (Å²) < 4.78 is 11.0. The van der Waals surface area contributed by atoms with E-state index in [1.807, 2.05) is 6.92 Å². The highest BCUT2D eigenvalue weighted by Crippen LogP contribution is 2.28. The summed E-state index contributed by atoms with van der Waals surface area (Å²) in [4.78, 5) is 23.8. The molecule has 0 aliphatic rings. The van der Waals surface area contributed by atoms with Gasteiger partial charge in [0, 0.05) is 5.02 Å². The molecule has 0 N–H and O–H groups in total. The van der Waals surface area contributed by atoms with Gasteiger partial charge in [-0.15, -0.1) is 0 Å². The zero-order valence-electron chi connectivity index (χ0n) is 12.0. The van der Waals surface area contributed by atoms with E-state index < -0.39 is 11.9 Å². The lowest BCUT2D eigenvalue weighted by atomic mass is 10.2. The van der Waals surface area contributed by atoms with Crippen molar-refractivity contribution in [3.63, 3.8) is 0 Å². The van der Waals surface area contributed by atoms with Crippen molar-refractivity contribution in [3.05, 3.63) is 44.6 Å². The van der Waals surface area contributed by atoms with E-state index in [4.69, 9.17) is 16.3 Å². The third-order valence-electron chi connectivity index (χ3n) is 3.00. The van der Waals surface area contributed by atoms with Gasteiger partial charge in [-0.25, -0.2) is 14.3 Å². The van der Waals surface area contributed by atoms with Gasteiger partial charge in [-0.3, -0.25) is 0 Å². The predicted octanol–water partition coefficient (Wildman–Crippen LogP) is 3.17. The molecule has 8 heteroatoms. The smallest absolute Gasteiger partial charge is 0.359 e. The number of benzene rings is 1. The number of rotatable bonds is 3. The van der Waals surface area contributed by atoms with Gasteiger partial charge in [0.05, 0.1) is 19.9 Å². The lowest BCUT2D eigenvalue weighted by Gasteiger charge is -2.07. The average Bonchev–Trinajstić information content (AvgIpc) is 2.85. The number of hydrogen-bond acceptors (Lipinski definition) is 5. The van der Waals surface area contributed by atoms with Gasteiger partial charge in [0.2, 0.25) is 0 Å². The van der Waals surface area contributed by atoms with E-state index in [1.54, 1.807) is 18.2 Å². The van der Waals surface area contributed by atoms with E-state index >= 15 is 0 Å². The number of carbonyl (C=O) groups is 2. The van der Waals surface area contributed by atoms with Crippen LogP contribution in [0.5, 0.6) is 0 Å². The topological polar surface area (TPSA) is 70.4 Å². The molecule has 1 heterocycles. The number of methoxy groups -OCH3 is 2. The van der Waals surface area contributed by atoms with Crippen molar-refractivity contribution in [2.45, 2.75) is 6.92 Å². The normalized spacial score (nSPS) is 10.4. The van der Waals surface area contributed by atoms with Gasteiger partial charge in [-0.1, -0.05) is 17.7 Å². The fraction of sp³-hybridized carbons (Fsp3) is 0.214. The van der Waals surface area contributed by atoms with Crippen molar-refractivity contribution in [2.75, 3.05) is 14.2 Å². The molecule has 0 aliphatic carbocycles. The van der Waals surface area contributed by atoms with E-state index in [-0.39, 0.29) is 15.9 Å². The average molecular weight is 388 g/mol. The van der Waals surface area contributed by atoms with Crippen molar-refractivity contribution < 1.29 is 19.1 Å². The maximum absolute atomic E-state index is 11.9. The van der Waals surface area contributed by atoms with Crippen molar-refractivity contribution in [1.82, 2.24) is 9.78 Å². The van der Waals surface area contributed by atoms with Crippen molar-refractivity contribution >= 4 is 39.5 Å². The first-order valence-electron chi connectivity index (χ1n) is 6.12. The molecular weight excluding hydrogens is 376 g/mol. The molecule has 6 nitrogen and oxygen atoms in total. The third kappa shape index (κ3) is 2.86. The maximum atomic E-state index is 11.9. The first-order valence-corrected chi connectivity index (χ1v) is 7.29. The van der Waals surface area contributed by atoms with Gasteiger partial charge in [0.25, 0.3) is 0 Å². The van der Waals surface area contributed by atoms with Crippen LogP contribution in [0.4, 0.5) is 0 Å². The molecule has 0 fully saturated rings. The molecule has 2 rings (SSSR count). The predicted molar refractivity (Wildman–Crippen MR) is 83.7 cm³/mol. The van der Waals surface area contributed by atoms with Crippen LogP contribution >= 0.6 is 27.5 Å². The summed E-state index contributed by atoms with van der Waals surface area (Å²) in [6.07, 6.45) is 0. The molecule has 0 radical (unpaired) electrons. The van der Waals surface area contributed by atoms with E-state index in [1.165, 1.54) is 18.9 Å². The monoisotopic (exact) mass is 386 g/mol. The van der Waals surface area contributed by atoms with Crippen LogP contribution in [0.2, 0.25) is 5.02 Å². The number of aromatic nitrogens is 2. The molecule has 0 spiro atoms. The Labute approximate surface area is 140 Å². The molecule has 0 saturated carbocycles. The quantitative estimate of drug-likeness (QED) is 0.757. The molecular formula is C14H12BrClN2O4. The highest BCUT2D eigenvalue weighted by molar-refractivity contribution is 9.10. The molecule has 0 saturated heterocycles. The largest absolute Gasteiger partial charge is 0.465 e. The standard InChI is InChI=1S/C14H12BrClN2O4/c1-7-4-5-8(16)6-9(7)18-12(15)10(13(19)21-2)11(17-18)14(20)22-3/h4-6H,1-3H3. The van der Waals surface area contributed by atoms with Crippen LogP contribution in [-0.2, 0) is 9.47 Å². The van der Waals surface area contributed by atoms with Gasteiger partial charge in [-0.05, 0) is 40.5 Å². The zero-order chi connectivity index (χ0) is 16.4. The number of esters is 2. The number of aryl methyl sites for hydroxylation is 1. The van der Waals surface area contributed by atoms with Crippen LogP contribution in [0.25, 0.3) is 5.69 Å². The first kappa shape index (κ1) is 16.5. The minimum absolute atomic E-state index is 0.00581. The molecule has 0 atom stereocenters. The maximum Gasteiger partial charge on any atom is 0.359 e. The van der Waals surface area contributed by atoms with E-state index in [0.717, 1.165) is 5.56 Å². The molecule has 0 aliphatic heterocycles. The molecule has 0 amide bonds. The molecule has 1 aromatic heterocycles. The Morgan fingerprint density at radius 2 is 1.86 bits per heavy atom. The lowest BCUT2D eigenvalue weighted by molar-refractivity contribution is 0.0551. The third-order valence-corrected chi connectivity index (χ3v) is 3.96. The van der Waals surface area contributed by atoms with Crippen LogP contribution in [0.3, 0.4) is 0 Å². The van der Waals surface area contributed by atoms with Gasteiger partial charge >= 0.3 is 11.9 Å². The summed E-state index contributed by atoms with van der Waals surface area (Å²) >= 11 is 9.29. The Morgan fingerprint density at radius 1 is 1.23 bits per heavy atom. The highest BCUT2D eigenvalue weighted by Gasteiger charge is 2.29. The Morgan fingerprint density at radius 3 is 2.45 bits per heavy atom. The minimum Gasteiger partial charge on any atom is -0.465 e. The Balaban J connectivity index is 2.73. The van der Waals surface area contributed by atoms with Crippen LogP contribution in [0.15, 0.2) is 22.8 Å². The number of nitrogens with zero attached hydrogens (tertiary/aromatic N) is 2. The SMILES string of the molecule is COC(=O)c1nn(-c2cc(Cl)ccc2C)c(Br)c1C(=O)OC. The summed E-state index contributed by atoms with van der Waals surface area (Å²) in [5.41, 5.74) is 1.34. The molecule has 116 valence electrons. The van der Waals surface area contributed by atoms with Gasteiger partial charge in [0.15, 0.2) is 5.69 Å². The highest BCUT2D eigenvalue weighted by atomic mass is 79.9. The fourth-order valence-electron chi connectivity index (χ4n) is 1.89. The number of halogens is 2. The van der Waals surface area contributed by atoms with Crippen LogP contribution in [0.1, 0.15) is 26.4 Å². The summed E-state index contributed by atoms with van der Waals surface area (Å²) in [5, 5.41) is 4.66. The van der Waals surface area contributed by atoms with E-state index in [0.29, 0.717) is 10.7 Å². The molecule has 0 unspecified atom stereocenters. The minimum atomic E-state index is -0.737. The van der Waals surface area contributed by atoms with Gasteiger partial charge in [-0.2, -0.15) is 5.10 Å².